The summed E-state index contributed by atoms with van der Waals surface area (Å²) in [5.74, 6) is 0.0592. The average molecular weight is 359 g/mol. The Morgan fingerprint density at radius 2 is 2.08 bits per heavy atom. The molecular formula is C16H29N3O4S. The Kier molecular flexibility index (Phi) is 6.41. The van der Waals surface area contributed by atoms with Crippen LogP contribution in [-0.4, -0.2) is 55.7 Å². The van der Waals surface area contributed by atoms with E-state index < -0.39 is 9.84 Å². The van der Waals surface area contributed by atoms with Crippen LogP contribution in [0.25, 0.3) is 0 Å². The molecule has 0 radical (unpaired) electrons. The van der Waals surface area contributed by atoms with Crippen LogP contribution in [0.15, 0.2) is 11.4 Å². The van der Waals surface area contributed by atoms with E-state index in [4.69, 9.17) is 9.57 Å². The van der Waals surface area contributed by atoms with E-state index in [-0.39, 0.29) is 16.3 Å². The molecule has 0 atom stereocenters. The van der Waals surface area contributed by atoms with Crippen molar-refractivity contribution in [2.24, 2.45) is 5.41 Å². The third kappa shape index (κ3) is 5.27. The standard InChI is InChI=1S/C16H29N3O4S/c1-16(2,3)13-24(20,21)15-17-11-14(19(15)8-10-22-4)12-18-7-5-6-9-23-18/h11H,5-10,12-13H2,1-4H3. The highest BCUT2D eigenvalue weighted by Gasteiger charge is 2.29. The second-order valence-corrected chi connectivity index (χ2v) is 9.28. The Labute approximate surface area is 144 Å². The van der Waals surface area contributed by atoms with Crippen molar-refractivity contribution in [3.8, 4) is 0 Å². The number of sulfone groups is 1. The van der Waals surface area contributed by atoms with E-state index in [1.54, 1.807) is 17.9 Å². The molecule has 1 aromatic heterocycles. The first kappa shape index (κ1) is 19.4. The fourth-order valence-corrected chi connectivity index (χ4v) is 4.80. The van der Waals surface area contributed by atoms with Gasteiger partial charge in [-0.1, -0.05) is 20.8 Å². The molecule has 138 valence electrons. The van der Waals surface area contributed by atoms with Gasteiger partial charge in [-0.05, 0) is 18.3 Å². The maximum absolute atomic E-state index is 12.8. The van der Waals surface area contributed by atoms with Gasteiger partial charge in [0.2, 0.25) is 15.0 Å². The quantitative estimate of drug-likeness (QED) is 0.740. The van der Waals surface area contributed by atoms with E-state index in [0.717, 1.165) is 25.1 Å². The zero-order chi connectivity index (χ0) is 17.8. The fraction of sp³-hybridized carbons (Fsp3) is 0.812. The van der Waals surface area contributed by atoms with Gasteiger partial charge in [0, 0.05) is 20.2 Å². The number of rotatable bonds is 7. The van der Waals surface area contributed by atoms with Gasteiger partial charge in [-0.25, -0.2) is 13.4 Å². The molecular weight excluding hydrogens is 330 g/mol. The smallest absolute Gasteiger partial charge is 0.227 e. The van der Waals surface area contributed by atoms with Crippen LogP contribution in [0, 0.1) is 5.41 Å². The molecule has 0 amide bonds. The van der Waals surface area contributed by atoms with Crippen molar-refractivity contribution in [2.45, 2.75) is 51.9 Å². The van der Waals surface area contributed by atoms with Gasteiger partial charge in [0.25, 0.3) is 0 Å². The summed E-state index contributed by atoms with van der Waals surface area (Å²) in [6, 6.07) is 0. The van der Waals surface area contributed by atoms with Crippen molar-refractivity contribution in [3.05, 3.63) is 11.9 Å². The molecule has 1 aliphatic rings. The summed E-state index contributed by atoms with van der Waals surface area (Å²) >= 11 is 0. The van der Waals surface area contributed by atoms with E-state index in [9.17, 15) is 8.42 Å². The Morgan fingerprint density at radius 3 is 2.67 bits per heavy atom. The summed E-state index contributed by atoms with van der Waals surface area (Å²) in [6.45, 7) is 8.71. The largest absolute Gasteiger partial charge is 0.383 e. The van der Waals surface area contributed by atoms with Crippen LogP contribution in [0.1, 0.15) is 39.3 Å². The van der Waals surface area contributed by atoms with Crippen molar-refractivity contribution in [1.82, 2.24) is 14.6 Å². The van der Waals surface area contributed by atoms with Crippen LogP contribution < -0.4 is 0 Å². The summed E-state index contributed by atoms with van der Waals surface area (Å²) in [7, 11) is -1.86. The maximum Gasteiger partial charge on any atom is 0.227 e. The normalized spacial score (nSPS) is 17.3. The molecule has 0 unspecified atom stereocenters. The summed E-state index contributed by atoms with van der Waals surface area (Å²) in [4.78, 5) is 9.86. The molecule has 1 fully saturated rings. The highest BCUT2D eigenvalue weighted by molar-refractivity contribution is 7.91. The molecule has 0 spiro atoms. The molecule has 1 aromatic rings. The Bertz CT molecular complexity index is 628. The van der Waals surface area contributed by atoms with Gasteiger partial charge in [-0.3, -0.25) is 4.84 Å². The molecule has 1 saturated heterocycles. The SMILES string of the molecule is COCCn1c(CN2CCCCO2)cnc1S(=O)(=O)CC(C)(C)C. The molecule has 2 heterocycles. The van der Waals surface area contributed by atoms with Crippen molar-refractivity contribution in [3.63, 3.8) is 0 Å². The predicted molar refractivity (Wildman–Crippen MR) is 91.2 cm³/mol. The number of aromatic nitrogens is 2. The molecule has 0 aromatic carbocycles. The lowest BCUT2D eigenvalue weighted by molar-refractivity contribution is -0.188. The van der Waals surface area contributed by atoms with E-state index in [1.807, 2.05) is 25.8 Å². The molecule has 2 rings (SSSR count). The number of hydroxylamine groups is 2. The topological polar surface area (TPSA) is 73.7 Å². The number of nitrogens with zero attached hydrogens (tertiary/aromatic N) is 3. The number of imidazole rings is 1. The molecule has 0 N–H and O–H groups in total. The fourth-order valence-electron chi connectivity index (χ4n) is 2.78. The Balaban J connectivity index is 2.27. The second kappa shape index (κ2) is 7.95. The van der Waals surface area contributed by atoms with Crippen LogP contribution in [0.3, 0.4) is 0 Å². The van der Waals surface area contributed by atoms with Gasteiger partial charge < -0.3 is 9.30 Å². The van der Waals surface area contributed by atoms with Crippen LogP contribution in [0.4, 0.5) is 0 Å². The van der Waals surface area contributed by atoms with E-state index in [2.05, 4.69) is 4.98 Å². The second-order valence-electron chi connectivity index (χ2n) is 7.40. The predicted octanol–water partition coefficient (Wildman–Crippen LogP) is 1.88. The van der Waals surface area contributed by atoms with Gasteiger partial charge in [0.1, 0.15) is 0 Å². The Morgan fingerprint density at radius 1 is 1.33 bits per heavy atom. The lowest BCUT2D eigenvalue weighted by atomic mass is 10.0. The minimum absolute atomic E-state index is 0.0592. The molecule has 0 bridgehead atoms. The first-order chi connectivity index (χ1) is 11.2. The number of hydrogen-bond acceptors (Lipinski definition) is 6. The molecule has 0 aliphatic carbocycles. The first-order valence-corrected chi connectivity index (χ1v) is 10.0. The van der Waals surface area contributed by atoms with Gasteiger partial charge in [-0.15, -0.1) is 0 Å². The monoisotopic (exact) mass is 359 g/mol. The van der Waals surface area contributed by atoms with Crippen LogP contribution >= 0.6 is 0 Å². The highest BCUT2D eigenvalue weighted by Crippen LogP contribution is 2.23. The zero-order valence-electron chi connectivity index (χ0n) is 15.1. The summed E-state index contributed by atoms with van der Waals surface area (Å²) < 4.78 is 32.4. The molecule has 8 heteroatoms. The van der Waals surface area contributed by atoms with Crippen molar-refractivity contribution in [1.29, 1.82) is 0 Å². The molecule has 0 saturated carbocycles. The van der Waals surface area contributed by atoms with E-state index in [1.165, 1.54) is 0 Å². The van der Waals surface area contributed by atoms with Gasteiger partial charge >= 0.3 is 0 Å². The summed E-state index contributed by atoms with van der Waals surface area (Å²) in [5, 5.41) is 2.01. The van der Waals surface area contributed by atoms with Gasteiger partial charge in [-0.2, -0.15) is 5.06 Å². The van der Waals surface area contributed by atoms with Crippen LogP contribution in [0.5, 0.6) is 0 Å². The lowest BCUT2D eigenvalue weighted by Gasteiger charge is -2.26. The van der Waals surface area contributed by atoms with Crippen molar-refractivity contribution >= 4 is 9.84 Å². The third-order valence-corrected chi connectivity index (χ3v) is 5.86. The van der Waals surface area contributed by atoms with Crippen molar-refractivity contribution in [2.75, 3.05) is 32.6 Å². The number of ether oxygens (including phenoxy) is 1. The van der Waals surface area contributed by atoms with E-state index >= 15 is 0 Å². The number of methoxy groups -OCH3 is 1. The summed E-state index contributed by atoms with van der Waals surface area (Å²) in [6.07, 6.45) is 3.79. The molecule has 7 nitrogen and oxygen atoms in total. The lowest BCUT2D eigenvalue weighted by Crippen LogP contribution is -2.31. The third-order valence-electron chi connectivity index (χ3n) is 3.74. The maximum atomic E-state index is 12.8. The molecule has 24 heavy (non-hydrogen) atoms. The average Bonchev–Trinajstić information content (AvgIpc) is 2.87. The first-order valence-electron chi connectivity index (χ1n) is 8.37. The highest BCUT2D eigenvalue weighted by atomic mass is 32.2. The minimum atomic E-state index is -3.46. The number of hydrogen-bond donors (Lipinski definition) is 0. The molecule has 1 aliphatic heterocycles. The van der Waals surface area contributed by atoms with Gasteiger partial charge in [0.05, 0.1) is 37.4 Å². The Hall–Kier alpha value is -0.960. The zero-order valence-corrected chi connectivity index (χ0v) is 15.9. The minimum Gasteiger partial charge on any atom is -0.383 e. The van der Waals surface area contributed by atoms with Crippen LogP contribution in [0.2, 0.25) is 0 Å². The summed E-state index contributed by atoms with van der Waals surface area (Å²) in [5.41, 5.74) is 0.508. The van der Waals surface area contributed by atoms with Crippen molar-refractivity contribution < 1.29 is 18.0 Å². The van der Waals surface area contributed by atoms with Crippen LogP contribution in [-0.2, 0) is 32.5 Å². The van der Waals surface area contributed by atoms with E-state index in [0.29, 0.717) is 26.3 Å². The van der Waals surface area contributed by atoms with Gasteiger partial charge in [0.15, 0.2) is 0 Å².